The van der Waals surface area contributed by atoms with Crippen molar-refractivity contribution < 1.29 is 9.31 Å². The van der Waals surface area contributed by atoms with Crippen molar-refractivity contribution >= 4 is 27.7 Å². The number of nitrogens with zero attached hydrogens (tertiary/aromatic N) is 1. The highest BCUT2D eigenvalue weighted by molar-refractivity contribution is 9.09. The van der Waals surface area contributed by atoms with E-state index < -0.39 is 10.7 Å². The summed E-state index contributed by atoms with van der Waals surface area (Å²) in [6, 6.07) is 3.53. The minimum absolute atomic E-state index is 0.208. The van der Waals surface area contributed by atoms with Crippen LogP contribution >= 0.6 is 15.9 Å². The van der Waals surface area contributed by atoms with E-state index in [-0.39, 0.29) is 5.69 Å². The van der Waals surface area contributed by atoms with E-state index in [2.05, 4.69) is 15.9 Å². The molecule has 0 radical (unpaired) electrons. The average Bonchev–Trinajstić information content (AvgIpc) is 2.20. The molecule has 0 saturated heterocycles. The average molecular weight is 274 g/mol. The first kappa shape index (κ1) is 11.8. The fourth-order valence-electron chi connectivity index (χ4n) is 1.09. The van der Waals surface area contributed by atoms with E-state index in [1.165, 1.54) is 12.1 Å². The van der Waals surface area contributed by atoms with Gasteiger partial charge in [-0.25, -0.2) is 4.39 Å². The molecule has 0 unspecified atom stereocenters. The van der Waals surface area contributed by atoms with Gasteiger partial charge in [-0.1, -0.05) is 28.1 Å². The van der Waals surface area contributed by atoms with Crippen molar-refractivity contribution in [1.82, 2.24) is 0 Å². The first-order chi connectivity index (χ1) is 7.15. The monoisotopic (exact) mass is 273 g/mol. The third kappa shape index (κ3) is 3.43. The summed E-state index contributed by atoms with van der Waals surface area (Å²) < 4.78 is 12.8. The number of halogens is 2. The van der Waals surface area contributed by atoms with Gasteiger partial charge in [0, 0.05) is 5.33 Å². The fourth-order valence-corrected chi connectivity index (χ4v) is 1.35. The van der Waals surface area contributed by atoms with Crippen molar-refractivity contribution in [3.05, 3.63) is 45.8 Å². The van der Waals surface area contributed by atoms with E-state index in [1.54, 1.807) is 12.2 Å². The number of nitro benzene ring substituents is 1. The van der Waals surface area contributed by atoms with Gasteiger partial charge < -0.3 is 0 Å². The van der Waals surface area contributed by atoms with Gasteiger partial charge in [-0.3, -0.25) is 10.1 Å². The molecule has 0 saturated carbocycles. The van der Waals surface area contributed by atoms with Crippen LogP contribution in [0.3, 0.4) is 0 Å². The van der Waals surface area contributed by atoms with Crippen LogP contribution in [-0.2, 0) is 0 Å². The SMILES string of the molecule is O=[N+]([O-])c1cc(F)ccc1C=CCCBr. The molecular formula is C10H9BrFNO2. The molecule has 1 aromatic rings. The van der Waals surface area contributed by atoms with Crippen molar-refractivity contribution in [1.29, 1.82) is 0 Å². The van der Waals surface area contributed by atoms with Crippen LogP contribution in [0, 0.1) is 15.9 Å². The second-order valence-corrected chi connectivity index (χ2v) is 3.63. The van der Waals surface area contributed by atoms with E-state index in [4.69, 9.17) is 0 Å². The fraction of sp³-hybridized carbons (Fsp3) is 0.200. The lowest BCUT2D eigenvalue weighted by atomic mass is 10.1. The molecule has 0 bridgehead atoms. The first-order valence-electron chi connectivity index (χ1n) is 4.31. The van der Waals surface area contributed by atoms with Gasteiger partial charge in [-0.2, -0.15) is 0 Å². The molecule has 0 aliphatic heterocycles. The number of hydrogen-bond acceptors (Lipinski definition) is 2. The van der Waals surface area contributed by atoms with Gasteiger partial charge in [0.15, 0.2) is 0 Å². The van der Waals surface area contributed by atoms with E-state index in [9.17, 15) is 14.5 Å². The van der Waals surface area contributed by atoms with E-state index >= 15 is 0 Å². The van der Waals surface area contributed by atoms with Crippen LogP contribution in [0.2, 0.25) is 0 Å². The van der Waals surface area contributed by atoms with Crippen LogP contribution in [0.5, 0.6) is 0 Å². The highest BCUT2D eigenvalue weighted by Crippen LogP contribution is 2.21. The standard InChI is InChI=1S/C10H9BrFNO2/c11-6-2-1-3-8-4-5-9(12)7-10(8)13(14)15/h1,3-5,7H,2,6H2. The Balaban J connectivity index is 3.01. The van der Waals surface area contributed by atoms with Gasteiger partial charge in [0.2, 0.25) is 0 Å². The smallest absolute Gasteiger partial charge is 0.258 e. The zero-order valence-electron chi connectivity index (χ0n) is 7.82. The third-order valence-electron chi connectivity index (χ3n) is 1.76. The molecule has 0 spiro atoms. The van der Waals surface area contributed by atoms with Crippen LogP contribution in [0.15, 0.2) is 24.3 Å². The van der Waals surface area contributed by atoms with E-state index in [1.807, 2.05) is 0 Å². The molecule has 0 aliphatic rings. The Labute approximate surface area is 94.9 Å². The summed E-state index contributed by atoms with van der Waals surface area (Å²) in [5.41, 5.74) is 0.211. The van der Waals surface area contributed by atoms with Crippen molar-refractivity contribution in [2.75, 3.05) is 5.33 Å². The Morgan fingerprint density at radius 1 is 1.53 bits per heavy atom. The molecule has 80 valence electrons. The molecule has 0 fully saturated rings. The Kier molecular flexibility index (Phi) is 4.42. The zero-order valence-corrected chi connectivity index (χ0v) is 9.41. The number of nitro groups is 1. The minimum atomic E-state index is -0.598. The molecule has 0 amide bonds. The lowest BCUT2D eigenvalue weighted by molar-refractivity contribution is -0.385. The van der Waals surface area contributed by atoms with Crippen LogP contribution in [-0.4, -0.2) is 10.3 Å². The van der Waals surface area contributed by atoms with Crippen molar-refractivity contribution in [3.8, 4) is 0 Å². The van der Waals surface area contributed by atoms with Crippen molar-refractivity contribution in [3.63, 3.8) is 0 Å². The molecular weight excluding hydrogens is 265 g/mol. The van der Waals surface area contributed by atoms with Gasteiger partial charge in [-0.05, 0) is 18.6 Å². The van der Waals surface area contributed by atoms with Gasteiger partial charge in [-0.15, -0.1) is 0 Å². The minimum Gasteiger partial charge on any atom is -0.258 e. The largest absolute Gasteiger partial charge is 0.279 e. The quantitative estimate of drug-likeness (QED) is 0.479. The van der Waals surface area contributed by atoms with Crippen LogP contribution < -0.4 is 0 Å². The summed E-state index contributed by atoms with van der Waals surface area (Å²) in [7, 11) is 0. The molecule has 0 heterocycles. The summed E-state index contributed by atoms with van der Waals surface area (Å²) in [6.45, 7) is 0. The van der Waals surface area contributed by atoms with Crippen LogP contribution in [0.1, 0.15) is 12.0 Å². The maximum atomic E-state index is 12.8. The molecule has 0 N–H and O–H groups in total. The molecule has 5 heteroatoms. The predicted molar refractivity (Wildman–Crippen MR) is 60.5 cm³/mol. The van der Waals surface area contributed by atoms with E-state index in [0.29, 0.717) is 5.56 Å². The maximum absolute atomic E-state index is 12.8. The summed E-state index contributed by atoms with van der Waals surface area (Å²) in [6.07, 6.45) is 4.20. The van der Waals surface area contributed by atoms with Gasteiger partial charge in [0.05, 0.1) is 16.6 Å². The van der Waals surface area contributed by atoms with Crippen molar-refractivity contribution in [2.45, 2.75) is 6.42 Å². The molecule has 0 aromatic heterocycles. The Morgan fingerprint density at radius 2 is 2.27 bits per heavy atom. The van der Waals surface area contributed by atoms with Crippen molar-refractivity contribution in [2.24, 2.45) is 0 Å². The summed E-state index contributed by atoms with van der Waals surface area (Å²) in [5, 5.41) is 11.4. The zero-order chi connectivity index (χ0) is 11.3. The first-order valence-corrected chi connectivity index (χ1v) is 5.43. The molecule has 0 atom stereocenters. The van der Waals surface area contributed by atoms with Crippen LogP contribution in [0.4, 0.5) is 10.1 Å². The number of allylic oxidation sites excluding steroid dienone is 1. The summed E-state index contributed by atoms with van der Waals surface area (Å²) >= 11 is 3.24. The summed E-state index contributed by atoms with van der Waals surface area (Å²) in [4.78, 5) is 10.0. The van der Waals surface area contributed by atoms with E-state index in [0.717, 1.165) is 17.8 Å². The molecule has 1 aromatic carbocycles. The molecule has 1 rings (SSSR count). The predicted octanol–water partition coefficient (Wildman–Crippen LogP) is 3.53. The van der Waals surface area contributed by atoms with Gasteiger partial charge >= 0.3 is 0 Å². The topological polar surface area (TPSA) is 43.1 Å². The number of rotatable bonds is 4. The highest BCUT2D eigenvalue weighted by atomic mass is 79.9. The molecule has 15 heavy (non-hydrogen) atoms. The number of hydrogen-bond donors (Lipinski definition) is 0. The molecule has 3 nitrogen and oxygen atoms in total. The van der Waals surface area contributed by atoms with Gasteiger partial charge in [0.1, 0.15) is 5.82 Å². The maximum Gasteiger partial charge on any atom is 0.279 e. The van der Waals surface area contributed by atoms with Gasteiger partial charge in [0.25, 0.3) is 5.69 Å². The Morgan fingerprint density at radius 3 is 2.87 bits per heavy atom. The summed E-state index contributed by atoms with van der Waals surface area (Å²) in [5.74, 6) is -0.598. The highest BCUT2D eigenvalue weighted by Gasteiger charge is 2.11. The number of benzene rings is 1. The lowest BCUT2D eigenvalue weighted by Gasteiger charge is -1.97. The molecule has 0 aliphatic carbocycles. The lowest BCUT2D eigenvalue weighted by Crippen LogP contribution is -1.92. The van der Waals surface area contributed by atoms with Crippen LogP contribution in [0.25, 0.3) is 6.08 Å². The number of alkyl halides is 1. The second-order valence-electron chi connectivity index (χ2n) is 2.84. The Bertz CT molecular complexity index is 393. The normalized spacial score (nSPS) is 10.8. The Hall–Kier alpha value is -1.23. The second kappa shape index (κ2) is 5.60. The third-order valence-corrected chi connectivity index (χ3v) is 2.22.